The van der Waals surface area contributed by atoms with E-state index in [9.17, 15) is 4.79 Å². The van der Waals surface area contributed by atoms with Crippen LogP contribution in [0, 0.1) is 6.92 Å². The van der Waals surface area contributed by atoms with Crippen molar-refractivity contribution in [3.8, 4) is 0 Å². The molecule has 6 nitrogen and oxygen atoms in total. The molecule has 0 radical (unpaired) electrons. The summed E-state index contributed by atoms with van der Waals surface area (Å²) in [6.07, 6.45) is 0.731. The van der Waals surface area contributed by atoms with Crippen molar-refractivity contribution in [1.29, 1.82) is 0 Å². The molecule has 0 saturated heterocycles. The normalized spacial score (nSPS) is 10.6. The van der Waals surface area contributed by atoms with Crippen molar-refractivity contribution >= 4 is 23.0 Å². The molecule has 2 rings (SSSR count). The number of hydrogen-bond acceptors (Lipinski definition) is 6. The lowest BCUT2D eigenvalue weighted by molar-refractivity contribution is 0.924. The first-order valence-corrected chi connectivity index (χ1v) is 6.51. The molecule has 2 heterocycles. The fourth-order valence-electron chi connectivity index (χ4n) is 1.49. The summed E-state index contributed by atoms with van der Waals surface area (Å²) in [5.41, 5.74) is 7.48. The largest absolute Gasteiger partial charge is 0.383 e. The van der Waals surface area contributed by atoms with Crippen molar-refractivity contribution in [3.63, 3.8) is 0 Å². The highest BCUT2D eigenvalue weighted by atomic mass is 32.1. The maximum atomic E-state index is 11.0. The predicted molar refractivity (Wildman–Crippen MR) is 72.8 cm³/mol. The lowest BCUT2D eigenvalue weighted by Gasteiger charge is -2.10. The Morgan fingerprint density at radius 1 is 1.50 bits per heavy atom. The van der Waals surface area contributed by atoms with Crippen LogP contribution >= 0.6 is 11.3 Å². The number of H-pyrrole nitrogens is 1. The van der Waals surface area contributed by atoms with Gasteiger partial charge >= 0.3 is 4.87 Å². The van der Waals surface area contributed by atoms with E-state index in [4.69, 9.17) is 5.73 Å². The summed E-state index contributed by atoms with van der Waals surface area (Å²) in [5.74, 6) is 1.91. The van der Waals surface area contributed by atoms with Crippen molar-refractivity contribution in [1.82, 2.24) is 15.0 Å². The lowest BCUT2D eigenvalue weighted by atomic mass is 10.3. The summed E-state index contributed by atoms with van der Waals surface area (Å²) >= 11 is 1.15. The van der Waals surface area contributed by atoms with Gasteiger partial charge in [0.2, 0.25) is 0 Å². The van der Waals surface area contributed by atoms with Gasteiger partial charge in [0, 0.05) is 23.1 Å². The van der Waals surface area contributed by atoms with Crippen LogP contribution in [0.2, 0.25) is 0 Å². The minimum absolute atomic E-state index is 0.0556. The molecule has 0 aliphatic heterocycles. The third-order valence-electron chi connectivity index (χ3n) is 2.56. The van der Waals surface area contributed by atoms with Crippen LogP contribution < -0.4 is 15.9 Å². The zero-order valence-electron chi connectivity index (χ0n) is 10.3. The molecular weight excluding hydrogens is 250 g/mol. The number of anilines is 2. The lowest BCUT2D eigenvalue weighted by Crippen LogP contribution is -2.10. The van der Waals surface area contributed by atoms with Gasteiger partial charge in [0.05, 0.1) is 6.54 Å². The Morgan fingerprint density at radius 2 is 2.28 bits per heavy atom. The molecule has 7 heteroatoms. The van der Waals surface area contributed by atoms with Gasteiger partial charge in [0.25, 0.3) is 0 Å². The first-order chi connectivity index (χ1) is 8.60. The van der Waals surface area contributed by atoms with Gasteiger partial charge in [0.1, 0.15) is 17.5 Å². The van der Waals surface area contributed by atoms with Crippen LogP contribution in [0.5, 0.6) is 0 Å². The van der Waals surface area contributed by atoms with E-state index in [0.717, 1.165) is 29.0 Å². The molecule has 2 aromatic heterocycles. The number of rotatable bonds is 4. The van der Waals surface area contributed by atoms with Crippen molar-refractivity contribution in [2.24, 2.45) is 0 Å². The number of nitrogens with two attached hydrogens (primary N) is 1. The summed E-state index contributed by atoms with van der Waals surface area (Å²) in [7, 11) is 0. The third kappa shape index (κ3) is 2.67. The van der Waals surface area contributed by atoms with Gasteiger partial charge in [-0.15, -0.1) is 0 Å². The molecule has 0 aliphatic rings. The fraction of sp³-hybridized carbons (Fsp3) is 0.364. The smallest absolute Gasteiger partial charge is 0.304 e. The summed E-state index contributed by atoms with van der Waals surface area (Å²) in [4.78, 5) is 22.3. The molecule has 0 aromatic carbocycles. The second kappa shape index (κ2) is 5.18. The number of aryl methyl sites for hydroxylation is 1. The Hall–Kier alpha value is -1.89. The molecule has 0 unspecified atom stereocenters. The van der Waals surface area contributed by atoms with Gasteiger partial charge < -0.3 is 16.0 Å². The van der Waals surface area contributed by atoms with Crippen LogP contribution in [0.25, 0.3) is 0 Å². The number of aromatic nitrogens is 3. The van der Waals surface area contributed by atoms with Gasteiger partial charge in [-0.1, -0.05) is 18.3 Å². The van der Waals surface area contributed by atoms with Crippen LogP contribution in [0.15, 0.2) is 10.2 Å². The highest BCUT2D eigenvalue weighted by Gasteiger charge is 2.07. The van der Waals surface area contributed by atoms with Crippen molar-refractivity contribution in [2.45, 2.75) is 26.8 Å². The molecule has 0 saturated carbocycles. The van der Waals surface area contributed by atoms with Crippen LogP contribution in [-0.2, 0) is 13.0 Å². The molecule has 0 spiro atoms. The highest BCUT2D eigenvalue weighted by molar-refractivity contribution is 7.07. The number of thiazole rings is 1. The van der Waals surface area contributed by atoms with Crippen molar-refractivity contribution < 1.29 is 0 Å². The van der Waals surface area contributed by atoms with E-state index in [0.29, 0.717) is 24.0 Å². The van der Waals surface area contributed by atoms with Crippen molar-refractivity contribution in [3.05, 3.63) is 32.1 Å². The molecule has 0 aliphatic carbocycles. The Balaban J connectivity index is 2.18. The molecular formula is C11H15N5OS. The van der Waals surface area contributed by atoms with Crippen LogP contribution in [-0.4, -0.2) is 15.0 Å². The molecule has 0 atom stereocenters. The standard InChI is InChI=1S/C11H15N5OS/c1-3-8-15-9(12)6(2)10(16-8)13-4-7-5-18-11(17)14-7/h5H,3-4H2,1-2H3,(H,14,17)(H3,12,13,15,16). The van der Waals surface area contributed by atoms with E-state index in [-0.39, 0.29) is 4.87 Å². The van der Waals surface area contributed by atoms with Crippen molar-refractivity contribution in [2.75, 3.05) is 11.1 Å². The quantitative estimate of drug-likeness (QED) is 0.774. The van der Waals surface area contributed by atoms with E-state index in [1.54, 1.807) is 5.38 Å². The predicted octanol–water partition coefficient (Wildman–Crippen LogP) is 1.29. The molecule has 2 aromatic rings. The van der Waals surface area contributed by atoms with Crippen LogP contribution in [0.3, 0.4) is 0 Å². The van der Waals surface area contributed by atoms with Gasteiger partial charge in [-0.05, 0) is 6.92 Å². The minimum atomic E-state index is -0.0556. The molecule has 18 heavy (non-hydrogen) atoms. The average molecular weight is 265 g/mol. The molecule has 0 amide bonds. The summed E-state index contributed by atoms with van der Waals surface area (Å²) < 4.78 is 0. The maximum Gasteiger partial charge on any atom is 0.304 e. The summed E-state index contributed by atoms with van der Waals surface area (Å²) in [5, 5.41) is 4.95. The van der Waals surface area contributed by atoms with E-state index < -0.39 is 0 Å². The minimum Gasteiger partial charge on any atom is -0.383 e. The van der Waals surface area contributed by atoms with Crippen LogP contribution in [0.1, 0.15) is 24.0 Å². The van der Waals surface area contributed by atoms with E-state index in [2.05, 4.69) is 20.3 Å². The summed E-state index contributed by atoms with van der Waals surface area (Å²) in [6.45, 7) is 4.36. The number of nitrogens with one attached hydrogen (secondary N) is 2. The first-order valence-electron chi connectivity index (χ1n) is 5.63. The van der Waals surface area contributed by atoms with Gasteiger partial charge in [-0.25, -0.2) is 9.97 Å². The van der Waals surface area contributed by atoms with E-state index in [1.165, 1.54) is 0 Å². The molecule has 4 N–H and O–H groups in total. The molecule has 0 fully saturated rings. The van der Waals surface area contributed by atoms with E-state index >= 15 is 0 Å². The Kier molecular flexibility index (Phi) is 3.61. The SMILES string of the molecule is CCc1nc(N)c(C)c(NCc2csc(=O)[nH]2)n1. The monoisotopic (exact) mass is 265 g/mol. The van der Waals surface area contributed by atoms with Gasteiger partial charge in [-0.2, -0.15) is 0 Å². The highest BCUT2D eigenvalue weighted by Crippen LogP contribution is 2.18. The average Bonchev–Trinajstić information content (AvgIpc) is 2.77. The zero-order valence-corrected chi connectivity index (χ0v) is 11.1. The van der Waals surface area contributed by atoms with Gasteiger partial charge in [0.15, 0.2) is 0 Å². The van der Waals surface area contributed by atoms with Gasteiger partial charge in [-0.3, -0.25) is 4.79 Å². The second-order valence-electron chi connectivity index (χ2n) is 3.88. The Bertz CT molecular complexity index is 604. The molecule has 0 bridgehead atoms. The Labute approximate surface area is 108 Å². The number of aromatic amines is 1. The summed E-state index contributed by atoms with van der Waals surface area (Å²) in [6, 6.07) is 0. The zero-order chi connectivity index (χ0) is 13.1. The first kappa shape index (κ1) is 12.6. The molecule has 96 valence electrons. The fourth-order valence-corrected chi connectivity index (χ4v) is 2.07. The third-order valence-corrected chi connectivity index (χ3v) is 3.28. The number of hydrogen-bond donors (Lipinski definition) is 3. The second-order valence-corrected chi connectivity index (χ2v) is 4.72. The van der Waals surface area contributed by atoms with E-state index in [1.807, 2.05) is 13.8 Å². The number of nitrogens with zero attached hydrogens (tertiary/aromatic N) is 2. The number of nitrogen functional groups attached to an aromatic ring is 1. The van der Waals surface area contributed by atoms with Crippen LogP contribution in [0.4, 0.5) is 11.6 Å². The topological polar surface area (TPSA) is 96.7 Å². The Morgan fingerprint density at radius 3 is 2.89 bits per heavy atom. The maximum absolute atomic E-state index is 11.0.